The molecule has 2 atom stereocenters. The fourth-order valence-electron chi connectivity index (χ4n) is 1.93. The first-order valence-electron chi connectivity index (χ1n) is 6.16. The molecule has 2 nitrogen and oxygen atoms in total. The zero-order chi connectivity index (χ0) is 13.1. The fraction of sp³-hybridized carbons (Fsp3) is 0.118. The smallest absolute Gasteiger partial charge is 0.237 e. The van der Waals surface area contributed by atoms with Crippen LogP contribution in [0, 0.1) is 11.8 Å². The van der Waals surface area contributed by atoms with Gasteiger partial charge in [0.15, 0.2) is 6.10 Å². The number of carbonyl (C=O) groups is 1. The quantitative estimate of drug-likeness (QED) is 0.604. The van der Waals surface area contributed by atoms with Crippen molar-refractivity contribution in [2.45, 2.75) is 12.2 Å². The van der Waals surface area contributed by atoms with Crippen LogP contribution in [0.25, 0.3) is 0 Å². The third kappa shape index (κ3) is 2.73. The number of ketones is 1. The van der Waals surface area contributed by atoms with Gasteiger partial charge in [0, 0.05) is 5.56 Å². The molecule has 2 aromatic rings. The highest BCUT2D eigenvalue weighted by atomic mass is 16.6. The topological polar surface area (TPSA) is 29.6 Å². The van der Waals surface area contributed by atoms with Gasteiger partial charge in [0.1, 0.15) is 6.10 Å². The number of rotatable bonds is 2. The number of hydrogen-bond acceptors (Lipinski definition) is 2. The summed E-state index contributed by atoms with van der Waals surface area (Å²) in [6, 6.07) is 19.2. The molecule has 0 aromatic heterocycles. The van der Waals surface area contributed by atoms with Crippen molar-refractivity contribution in [3.63, 3.8) is 0 Å². The highest BCUT2D eigenvalue weighted by Crippen LogP contribution is 2.38. The molecule has 1 saturated heterocycles. The van der Waals surface area contributed by atoms with Crippen molar-refractivity contribution in [1.82, 2.24) is 0 Å². The number of carbonyl (C=O) groups excluding carboxylic acids is 1. The second kappa shape index (κ2) is 5.09. The molecule has 0 unspecified atom stereocenters. The van der Waals surface area contributed by atoms with E-state index in [1.807, 2.05) is 60.7 Å². The summed E-state index contributed by atoms with van der Waals surface area (Å²) in [6.45, 7) is 0. The molecule has 1 aliphatic heterocycles. The van der Waals surface area contributed by atoms with Crippen LogP contribution < -0.4 is 0 Å². The lowest BCUT2D eigenvalue weighted by atomic mass is 10.1. The van der Waals surface area contributed by atoms with E-state index in [4.69, 9.17) is 4.74 Å². The van der Waals surface area contributed by atoms with Crippen LogP contribution >= 0.6 is 0 Å². The maximum atomic E-state index is 11.9. The number of benzene rings is 2. The molecule has 0 saturated carbocycles. The van der Waals surface area contributed by atoms with Gasteiger partial charge in [-0.1, -0.05) is 54.5 Å². The first-order chi connectivity index (χ1) is 9.34. The van der Waals surface area contributed by atoms with Crippen molar-refractivity contribution >= 4 is 5.78 Å². The first kappa shape index (κ1) is 11.7. The maximum Gasteiger partial charge on any atom is 0.237 e. The molecule has 0 amide bonds. The lowest BCUT2D eigenvalue weighted by molar-refractivity contribution is -0.114. The van der Waals surface area contributed by atoms with Crippen molar-refractivity contribution in [3.8, 4) is 11.8 Å². The van der Waals surface area contributed by atoms with Crippen molar-refractivity contribution in [1.29, 1.82) is 0 Å². The van der Waals surface area contributed by atoms with E-state index in [2.05, 4.69) is 11.8 Å². The van der Waals surface area contributed by atoms with Gasteiger partial charge in [-0.3, -0.25) is 4.79 Å². The Morgan fingerprint density at radius 3 is 2.26 bits per heavy atom. The van der Waals surface area contributed by atoms with Gasteiger partial charge in [0.25, 0.3) is 0 Å². The number of Topliss-reactive ketones (excluding diaryl/α,β-unsaturated/α-hetero) is 1. The molecule has 92 valence electrons. The largest absolute Gasteiger partial charge is 0.355 e. The molecule has 0 radical (unpaired) electrons. The molecule has 3 rings (SSSR count). The van der Waals surface area contributed by atoms with Crippen LogP contribution in [0.3, 0.4) is 0 Å². The molecule has 0 N–H and O–H groups in total. The third-order valence-corrected chi connectivity index (χ3v) is 2.98. The molecular formula is C17H12O2. The normalized spacial score (nSPS) is 20.2. The first-order valence-corrected chi connectivity index (χ1v) is 6.16. The number of epoxide rings is 1. The molecule has 1 fully saturated rings. The summed E-state index contributed by atoms with van der Waals surface area (Å²) in [5, 5.41) is 0. The van der Waals surface area contributed by atoms with E-state index in [0.29, 0.717) is 0 Å². The second-order valence-corrected chi connectivity index (χ2v) is 4.37. The van der Waals surface area contributed by atoms with Crippen molar-refractivity contribution in [3.05, 3.63) is 71.8 Å². The number of ether oxygens (including phenoxy) is 1. The number of hydrogen-bond donors (Lipinski definition) is 0. The average Bonchev–Trinajstić information content (AvgIpc) is 3.27. The third-order valence-electron chi connectivity index (χ3n) is 2.98. The molecule has 0 bridgehead atoms. The lowest BCUT2D eigenvalue weighted by Crippen LogP contribution is -2.04. The van der Waals surface area contributed by atoms with Gasteiger partial charge in [-0.05, 0) is 23.6 Å². The van der Waals surface area contributed by atoms with Gasteiger partial charge < -0.3 is 4.74 Å². The van der Waals surface area contributed by atoms with Crippen LogP contribution in [0.15, 0.2) is 60.7 Å². The average molecular weight is 248 g/mol. The Morgan fingerprint density at radius 1 is 0.947 bits per heavy atom. The standard InChI is InChI=1S/C17H12O2/c18-15(12-11-13-7-3-1-4-8-13)17-16(19-17)14-9-5-2-6-10-14/h1-10,16-17H/t16-,17-/m1/s1. The van der Waals surface area contributed by atoms with Crippen LogP contribution in [0.1, 0.15) is 17.2 Å². The summed E-state index contributed by atoms with van der Waals surface area (Å²) in [6.07, 6.45) is -0.530. The molecule has 19 heavy (non-hydrogen) atoms. The molecular weight excluding hydrogens is 236 g/mol. The lowest BCUT2D eigenvalue weighted by Gasteiger charge is -1.92. The molecule has 2 heteroatoms. The Balaban J connectivity index is 1.67. The maximum absolute atomic E-state index is 11.9. The van der Waals surface area contributed by atoms with E-state index in [1.54, 1.807) is 0 Å². The van der Waals surface area contributed by atoms with E-state index in [9.17, 15) is 4.79 Å². The predicted octanol–water partition coefficient (Wildman–Crippen LogP) is 2.75. The zero-order valence-corrected chi connectivity index (χ0v) is 10.2. The summed E-state index contributed by atoms with van der Waals surface area (Å²) < 4.78 is 5.40. The predicted molar refractivity (Wildman–Crippen MR) is 72.4 cm³/mol. The van der Waals surface area contributed by atoms with E-state index in [1.165, 1.54) is 0 Å². The summed E-state index contributed by atoms with van der Waals surface area (Å²) in [5.41, 5.74) is 1.87. The molecule has 1 aliphatic rings. The van der Waals surface area contributed by atoms with E-state index >= 15 is 0 Å². The second-order valence-electron chi connectivity index (χ2n) is 4.37. The molecule has 1 heterocycles. The summed E-state index contributed by atoms with van der Waals surface area (Å²) in [4.78, 5) is 11.9. The van der Waals surface area contributed by atoms with Gasteiger partial charge in [-0.2, -0.15) is 0 Å². The summed E-state index contributed by atoms with van der Waals surface area (Å²) in [7, 11) is 0. The SMILES string of the molecule is O=C(C#Cc1ccccc1)[C@H]1O[C@@H]1c1ccccc1. The van der Waals surface area contributed by atoms with Crippen LogP contribution in [0.5, 0.6) is 0 Å². The van der Waals surface area contributed by atoms with E-state index in [0.717, 1.165) is 11.1 Å². The highest BCUT2D eigenvalue weighted by molar-refractivity contribution is 6.01. The van der Waals surface area contributed by atoms with Crippen LogP contribution in [0.4, 0.5) is 0 Å². The van der Waals surface area contributed by atoms with Gasteiger partial charge in [-0.25, -0.2) is 0 Å². The minimum atomic E-state index is -0.404. The molecule has 0 spiro atoms. The summed E-state index contributed by atoms with van der Waals surface area (Å²) >= 11 is 0. The minimum absolute atomic E-state index is 0.126. The molecule has 0 aliphatic carbocycles. The fourth-order valence-corrected chi connectivity index (χ4v) is 1.93. The van der Waals surface area contributed by atoms with E-state index in [-0.39, 0.29) is 11.9 Å². The van der Waals surface area contributed by atoms with Crippen LogP contribution in [0.2, 0.25) is 0 Å². The highest BCUT2D eigenvalue weighted by Gasteiger charge is 2.45. The van der Waals surface area contributed by atoms with Gasteiger partial charge in [-0.15, -0.1) is 0 Å². The van der Waals surface area contributed by atoms with E-state index < -0.39 is 6.10 Å². The van der Waals surface area contributed by atoms with Crippen molar-refractivity contribution in [2.24, 2.45) is 0 Å². The van der Waals surface area contributed by atoms with Crippen molar-refractivity contribution in [2.75, 3.05) is 0 Å². The van der Waals surface area contributed by atoms with Gasteiger partial charge in [0.05, 0.1) is 0 Å². The minimum Gasteiger partial charge on any atom is -0.355 e. The van der Waals surface area contributed by atoms with Crippen LogP contribution in [-0.4, -0.2) is 11.9 Å². The van der Waals surface area contributed by atoms with Crippen molar-refractivity contribution < 1.29 is 9.53 Å². The Labute approximate surface area is 112 Å². The molecule has 2 aromatic carbocycles. The Kier molecular flexibility index (Phi) is 3.14. The Bertz CT molecular complexity index is 635. The zero-order valence-electron chi connectivity index (χ0n) is 10.2. The van der Waals surface area contributed by atoms with Crippen LogP contribution in [-0.2, 0) is 9.53 Å². The summed E-state index contributed by atoms with van der Waals surface area (Å²) in [5.74, 6) is 5.35. The Hall–Kier alpha value is -2.37. The monoisotopic (exact) mass is 248 g/mol. The Morgan fingerprint density at radius 2 is 1.58 bits per heavy atom. The van der Waals surface area contributed by atoms with Gasteiger partial charge in [0.2, 0.25) is 5.78 Å². The van der Waals surface area contributed by atoms with Gasteiger partial charge >= 0.3 is 0 Å².